The standard InChI is InChI=1S/C16H16N2O2/c1-20-16(19)13-8-5-9-14(10-13)18-11-15(17)12-6-3-2-4-7-12/h2-10,17-18H,11H2,1H3. The van der Waals surface area contributed by atoms with Gasteiger partial charge in [-0.2, -0.15) is 0 Å². The Morgan fingerprint density at radius 2 is 1.80 bits per heavy atom. The van der Waals surface area contributed by atoms with Crippen LogP contribution in [0, 0.1) is 5.41 Å². The summed E-state index contributed by atoms with van der Waals surface area (Å²) >= 11 is 0. The van der Waals surface area contributed by atoms with E-state index >= 15 is 0 Å². The Labute approximate surface area is 117 Å². The lowest BCUT2D eigenvalue weighted by molar-refractivity contribution is 0.0601. The quantitative estimate of drug-likeness (QED) is 0.647. The summed E-state index contributed by atoms with van der Waals surface area (Å²) in [5.74, 6) is -0.369. The van der Waals surface area contributed by atoms with E-state index in [4.69, 9.17) is 5.41 Å². The van der Waals surface area contributed by atoms with Crippen LogP contribution in [0.4, 0.5) is 5.69 Å². The van der Waals surface area contributed by atoms with Gasteiger partial charge in [-0.1, -0.05) is 36.4 Å². The van der Waals surface area contributed by atoms with Crippen LogP contribution in [0.5, 0.6) is 0 Å². The van der Waals surface area contributed by atoms with Crippen LogP contribution in [0.3, 0.4) is 0 Å². The fraction of sp³-hybridized carbons (Fsp3) is 0.125. The summed E-state index contributed by atoms with van der Waals surface area (Å²) in [6.07, 6.45) is 0. The minimum Gasteiger partial charge on any atom is -0.465 e. The molecule has 0 heterocycles. The number of methoxy groups -OCH3 is 1. The van der Waals surface area contributed by atoms with Crippen molar-refractivity contribution in [2.45, 2.75) is 0 Å². The van der Waals surface area contributed by atoms with Crippen LogP contribution in [-0.4, -0.2) is 25.3 Å². The summed E-state index contributed by atoms with van der Waals surface area (Å²) < 4.78 is 4.68. The minimum atomic E-state index is -0.369. The molecule has 0 unspecified atom stereocenters. The normalized spacial score (nSPS) is 9.85. The molecule has 20 heavy (non-hydrogen) atoms. The highest BCUT2D eigenvalue weighted by molar-refractivity contribution is 6.01. The van der Waals surface area contributed by atoms with Crippen molar-refractivity contribution in [3.05, 3.63) is 65.7 Å². The lowest BCUT2D eigenvalue weighted by Gasteiger charge is -2.09. The van der Waals surface area contributed by atoms with Gasteiger partial charge in [0.25, 0.3) is 0 Å². The summed E-state index contributed by atoms with van der Waals surface area (Å²) in [5, 5.41) is 11.1. The van der Waals surface area contributed by atoms with Gasteiger partial charge in [0.05, 0.1) is 24.9 Å². The summed E-state index contributed by atoms with van der Waals surface area (Å²) in [6.45, 7) is 0.397. The summed E-state index contributed by atoms with van der Waals surface area (Å²) in [6, 6.07) is 16.6. The highest BCUT2D eigenvalue weighted by Crippen LogP contribution is 2.11. The third-order valence-electron chi connectivity index (χ3n) is 2.88. The molecule has 0 atom stereocenters. The highest BCUT2D eigenvalue weighted by Gasteiger charge is 2.06. The van der Waals surface area contributed by atoms with Gasteiger partial charge in [-0.25, -0.2) is 4.79 Å². The van der Waals surface area contributed by atoms with Crippen LogP contribution in [0.2, 0.25) is 0 Å². The Morgan fingerprint density at radius 1 is 1.10 bits per heavy atom. The average molecular weight is 268 g/mol. The second kappa shape index (κ2) is 6.52. The molecule has 0 amide bonds. The maximum Gasteiger partial charge on any atom is 0.337 e. The van der Waals surface area contributed by atoms with Crippen molar-refractivity contribution in [3.8, 4) is 0 Å². The molecule has 0 bridgehead atoms. The molecule has 2 aromatic rings. The number of anilines is 1. The van der Waals surface area contributed by atoms with Crippen LogP contribution in [0.1, 0.15) is 15.9 Å². The van der Waals surface area contributed by atoms with Gasteiger partial charge in [-0.15, -0.1) is 0 Å². The van der Waals surface area contributed by atoms with E-state index < -0.39 is 0 Å². The first kappa shape index (κ1) is 13.8. The van der Waals surface area contributed by atoms with E-state index in [1.807, 2.05) is 36.4 Å². The Bertz CT molecular complexity index is 609. The average Bonchev–Trinajstić information content (AvgIpc) is 2.53. The number of rotatable bonds is 5. The van der Waals surface area contributed by atoms with Gasteiger partial charge in [-0.05, 0) is 23.8 Å². The van der Waals surface area contributed by atoms with Crippen LogP contribution in [0.25, 0.3) is 0 Å². The van der Waals surface area contributed by atoms with Gasteiger partial charge in [0.15, 0.2) is 0 Å². The smallest absolute Gasteiger partial charge is 0.337 e. The zero-order chi connectivity index (χ0) is 14.4. The van der Waals surface area contributed by atoms with Crippen molar-refractivity contribution in [3.63, 3.8) is 0 Å². The van der Waals surface area contributed by atoms with Crippen molar-refractivity contribution in [1.82, 2.24) is 0 Å². The predicted molar refractivity (Wildman–Crippen MR) is 79.5 cm³/mol. The molecule has 0 saturated heterocycles. The van der Waals surface area contributed by atoms with Gasteiger partial charge in [-0.3, -0.25) is 0 Å². The molecular weight excluding hydrogens is 252 g/mol. The Kier molecular flexibility index (Phi) is 4.50. The highest BCUT2D eigenvalue weighted by atomic mass is 16.5. The molecule has 0 aliphatic carbocycles. The lowest BCUT2D eigenvalue weighted by Crippen LogP contribution is -2.14. The van der Waals surface area contributed by atoms with E-state index in [1.54, 1.807) is 18.2 Å². The molecule has 4 nitrogen and oxygen atoms in total. The van der Waals surface area contributed by atoms with E-state index in [0.29, 0.717) is 17.8 Å². The largest absolute Gasteiger partial charge is 0.465 e. The van der Waals surface area contributed by atoms with Gasteiger partial charge < -0.3 is 15.5 Å². The Hall–Kier alpha value is -2.62. The summed E-state index contributed by atoms with van der Waals surface area (Å²) in [4.78, 5) is 11.4. The number of nitrogens with one attached hydrogen (secondary N) is 2. The van der Waals surface area contributed by atoms with E-state index in [-0.39, 0.29) is 5.97 Å². The van der Waals surface area contributed by atoms with Crippen molar-refractivity contribution in [1.29, 1.82) is 5.41 Å². The number of carbonyl (C=O) groups is 1. The Morgan fingerprint density at radius 3 is 2.50 bits per heavy atom. The fourth-order valence-electron chi connectivity index (χ4n) is 1.81. The van der Waals surface area contributed by atoms with Crippen molar-refractivity contribution >= 4 is 17.4 Å². The third kappa shape index (κ3) is 3.45. The van der Waals surface area contributed by atoms with Gasteiger partial charge >= 0.3 is 5.97 Å². The molecule has 2 N–H and O–H groups in total. The number of carbonyl (C=O) groups excluding carboxylic acids is 1. The molecule has 0 radical (unpaired) electrons. The van der Waals surface area contributed by atoms with E-state index in [0.717, 1.165) is 11.3 Å². The zero-order valence-electron chi connectivity index (χ0n) is 11.2. The van der Waals surface area contributed by atoms with Crippen LogP contribution >= 0.6 is 0 Å². The third-order valence-corrected chi connectivity index (χ3v) is 2.88. The SMILES string of the molecule is COC(=O)c1cccc(NCC(=N)c2ccccc2)c1. The molecule has 0 aliphatic heterocycles. The van der Waals surface area contributed by atoms with Crippen LogP contribution in [0.15, 0.2) is 54.6 Å². The predicted octanol–water partition coefficient (Wildman–Crippen LogP) is 2.95. The molecule has 0 saturated carbocycles. The first-order chi connectivity index (χ1) is 9.70. The molecule has 0 fully saturated rings. The lowest BCUT2D eigenvalue weighted by atomic mass is 10.1. The molecule has 0 spiro atoms. The first-order valence-electron chi connectivity index (χ1n) is 6.26. The van der Waals surface area contributed by atoms with E-state index in [1.165, 1.54) is 7.11 Å². The van der Waals surface area contributed by atoms with Gasteiger partial charge in [0, 0.05) is 5.69 Å². The monoisotopic (exact) mass is 268 g/mol. The second-order valence-electron chi connectivity index (χ2n) is 4.27. The number of hydrogen-bond donors (Lipinski definition) is 2. The fourth-order valence-corrected chi connectivity index (χ4v) is 1.81. The molecule has 4 heteroatoms. The molecule has 2 aromatic carbocycles. The maximum absolute atomic E-state index is 11.4. The van der Waals surface area contributed by atoms with E-state index in [2.05, 4.69) is 10.1 Å². The topological polar surface area (TPSA) is 62.2 Å². The molecular formula is C16H16N2O2. The maximum atomic E-state index is 11.4. The molecule has 0 aromatic heterocycles. The van der Waals surface area contributed by atoms with Crippen LogP contribution in [-0.2, 0) is 4.74 Å². The molecule has 2 rings (SSSR count). The summed E-state index contributed by atoms with van der Waals surface area (Å²) in [7, 11) is 1.35. The van der Waals surface area contributed by atoms with E-state index in [9.17, 15) is 4.79 Å². The van der Waals surface area contributed by atoms with Crippen molar-refractivity contribution < 1.29 is 9.53 Å². The molecule has 0 aliphatic rings. The first-order valence-corrected chi connectivity index (χ1v) is 6.26. The van der Waals surface area contributed by atoms with Gasteiger partial charge in [0.2, 0.25) is 0 Å². The van der Waals surface area contributed by atoms with Crippen molar-refractivity contribution in [2.24, 2.45) is 0 Å². The summed E-state index contributed by atoms with van der Waals surface area (Å²) in [5.41, 5.74) is 2.65. The number of ether oxygens (including phenoxy) is 1. The molecule has 102 valence electrons. The van der Waals surface area contributed by atoms with Crippen LogP contribution < -0.4 is 5.32 Å². The second-order valence-corrected chi connectivity index (χ2v) is 4.27. The zero-order valence-corrected chi connectivity index (χ0v) is 11.2. The van der Waals surface area contributed by atoms with Crippen molar-refractivity contribution in [2.75, 3.05) is 19.0 Å². The Balaban J connectivity index is 2.01. The number of esters is 1. The number of benzene rings is 2. The van der Waals surface area contributed by atoms with Gasteiger partial charge in [0.1, 0.15) is 0 Å². The number of hydrogen-bond acceptors (Lipinski definition) is 4. The minimum absolute atomic E-state index is 0.369.